The predicted molar refractivity (Wildman–Crippen MR) is 32.5 cm³/mol. The quantitative estimate of drug-likeness (QED) is 0.550. The molecule has 1 amide bonds. The SMILES string of the molecule is O=CNc1ncc[nH]1.[HH].[HH]. The maximum absolute atomic E-state index is 9.70. The second-order valence-corrected chi connectivity index (χ2v) is 1.20. The number of H-pyrrole nitrogens is 1. The minimum atomic E-state index is 0. The molecule has 2 N–H and O–H groups in total. The van der Waals surface area contributed by atoms with Crippen LogP contribution in [0, 0.1) is 0 Å². The molecule has 8 heavy (non-hydrogen) atoms. The molecule has 1 heterocycles. The number of imidazole rings is 1. The smallest absolute Gasteiger partial charge is 0.213 e. The summed E-state index contributed by atoms with van der Waals surface area (Å²) in [4.78, 5) is 16.1. The zero-order valence-corrected chi connectivity index (χ0v) is 4.09. The molecule has 4 heteroatoms. The van der Waals surface area contributed by atoms with Crippen molar-refractivity contribution in [2.24, 2.45) is 0 Å². The molecule has 1 rings (SSSR count). The van der Waals surface area contributed by atoms with Gasteiger partial charge >= 0.3 is 0 Å². The van der Waals surface area contributed by atoms with E-state index in [2.05, 4.69) is 15.3 Å². The van der Waals surface area contributed by atoms with E-state index in [9.17, 15) is 4.79 Å². The molecule has 0 spiro atoms. The highest BCUT2D eigenvalue weighted by molar-refractivity contribution is 5.66. The first-order chi connectivity index (χ1) is 3.93. The first kappa shape index (κ1) is 4.83. The van der Waals surface area contributed by atoms with Gasteiger partial charge in [0.2, 0.25) is 12.4 Å². The summed E-state index contributed by atoms with van der Waals surface area (Å²) in [6.45, 7) is 0. The van der Waals surface area contributed by atoms with E-state index in [1.54, 1.807) is 12.4 Å². The fraction of sp³-hybridized carbons (Fsp3) is 0. The zero-order chi connectivity index (χ0) is 5.82. The lowest BCUT2D eigenvalue weighted by atomic mass is 11.0. The second-order valence-electron chi connectivity index (χ2n) is 1.20. The van der Waals surface area contributed by atoms with Crippen molar-refractivity contribution < 1.29 is 7.65 Å². The number of nitrogens with zero attached hydrogens (tertiary/aromatic N) is 1. The van der Waals surface area contributed by atoms with E-state index < -0.39 is 0 Å². The summed E-state index contributed by atoms with van der Waals surface area (Å²) in [7, 11) is 0. The molecule has 0 aliphatic rings. The summed E-state index contributed by atoms with van der Waals surface area (Å²) in [5.74, 6) is 0.472. The number of carbonyl (C=O) groups is 1. The molecule has 0 aromatic carbocycles. The number of anilines is 1. The molecule has 0 radical (unpaired) electrons. The van der Waals surface area contributed by atoms with Crippen molar-refractivity contribution in [1.29, 1.82) is 0 Å². The lowest BCUT2D eigenvalue weighted by Crippen LogP contribution is -1.94. The van der Waals surface area contributed by atoms with Crippen molar-refractivity contribution in [2.45, 2.75) is 0 Å². The molecule has 4 nitrogen and oxygen atoms in total. The van der Waals surface area contributed by atoms with E-state index in [-0.39, 0.29) is 2.85 Å². The van der Waals surface area contributed by atoms with Crippen molar-refractivity contribution in [3.63, 3.8) is 0 Å². The Morgan fingerprint density at radius 3 is 3.38 bits per heavy atom. The Morgan fingerprint density at radius 2 is 2.88 bits per heavy atom. The average Bonchev–Trinajstić information content (AvgIpc) is 2.19. The number of hydrogen-bond acceptors (Lipinski definition) is 2. The average molecular weight is 115 g/mol. The Morgan fingerprint density at radius 1 is 2.00 bits per heavy atom. The van der Waals surface area contributed by atoms with Crippen LogP contribution in [0.2, 0.25) is 0 Å². The molecule has 0 aliphatic carbocycles. The van der Waals surface area contributed by atoms with Crippen LogP contribution in [0.5, 0.6) is 0 Å². The van der Waals surface area contributed by atoms with Crippen LogP contribution in [0.15, 0.2) is 12.4 Å². The number of rotatable bonds is 2. The monoisotopic (exact) mass is 115 g/mol. The van der Waals surface area contributed by atoms with Gasteiger partial charge in [-0.3, -0.25) is 10.1 Å². The largest absolute Gasteiger partial charge is 0.331 e. The number of amides is 1. The van der Waals surface area contributed by atoms with Gasteiger partial charge in [0, 0.05) is 15.2 Å². The van der Waals surface area contributed by atoms with Crippen molar-refractivity contribution >= 4 is 12.4 Å². The molecule has 1 aromatic heterocycles. The molecular formula is C4H9N3O. The number of aromatic amines is 1. The van der Waals surface area contributed by atoms with E-state index in [4.69, 9.17) is 0 Å². The van der Waals surface area contributed by atoms with Gasteiger partial charge in [-0.2, -0.15) is 0 Å². The van der Waals surface area contributed by atoms with Crippen LogP contribution < -0.4 is 5.32 Å². The molecule has 0 fully saturated rings. The third-order valence-corrected chi connectivity index (χ3v) is 0.694. The Kier molecular flexibility index (Phi) is 1.27. The summed E-state index contributed by atoms with van der Waals surface area (Å²) < 4.78 is 0. The standard InChI is InChI=1S/C4H5N3O.2H2/c8-3-7-4-5-1-2-6-4;;/h1-3H,(H2,5,6,7,8);2*1H. The van der Waals surface area contributed by atoms with Gasteiger partial charge in [-0.25, -0.2) is 4.98 Å². The number of aromatic nitrogens is 2. The van der Waals surface area contributed by atoms with E-state index in [1.165, 1.54) is 0 Å². The third-order valence-electron chi connectivity index (χ3n) is 0.694. The van der Waals surface area contributed by atoms with E-state index in [0.29, 0.717) is 12.4 Å². The van der Waals surface area contributed by atoms with Crippen LogP contribution in [-0.4, -0.2) is 16.4 Å². The molecular weight excluding hydrogens is 106 g/mol. The second kappa shape index (κ2) is 2.11. The molecule has 0 aliphatic heterocycles. The van der Waals surface area contributed by atoms with Gasteiger partial charge in [-0.15, -0.1) is 0 Å². The van der Waals surface area contributed by atoms with Crippen molar-refractivity contribution in [3.05, 3.63) is 12.4 Å². The van der Waals surface area contributed by atoms with Crippen LogP contribution >= 0.6 is 0 Å². The number of carbonyl (C=O) groups excluding carboxylic acids is 1. The fourth-order valence-electron chi connectivity index (χ4n) is 0.400. The number of nitrogens with one attached hydrogen (secondary N) is 2. The lowest BCUT2D eigenvalue weighted by molar-refractivity contribution is -0.105. The van der Waals surface area contributed by atoms with Crippen molar-refractivity contribution in [1.82, 2.24) is 9.97 Å². The van der Waals surface area contributed by atoms with Crippen molar-refractivity contribution in [2.75, 3.05) is 5.32 Å². The van der Waals surface area contributed by atoms with Gasteiger partial charge in [0.25, 0.3) is 0 Å². The van der Waals surface area contributed by atoms with Crippen LogP contribution in [-0.2, 0) is 4.79 Å². The lowest BCUT2D eigenvalue weighted by Gasteiger charge is -1.84. The van der Waals surface area contributed by atoms with Crippen LogP contribution in [0.3, 0.4) is 0 Å². The topological polar surface area (TPSA) is 57.8 Å². The first-order valence-corrected chi connectivity index (χ1v) is 2.13. The normalized spacial score (nSPS) is 8.50. The predicted octanol–water partition coefficient (Wildman–Crippen LogP) is 0.470. The van der Waals surface area contributed by atoms with Crippen LogP contribution in [0.1, 0.15) is 2.85 Å². The Bertz CT molecular complexity index is 165. The molecule has 0 saturated carbocycles. The molecule has 0 unspecified atom stereocenters. The highest BCUT2D eigenvalue weighted by Gasteiger charge is 1.84. The minimum Gasteiger partial charge on any atom is -0.331 e. The van der Waals surface area contributed by atoms with Gasteiger partial charge in [0.15, 0.2) is 0 Å². The van der Waals surface area contributed by atoms with Gasteiger partial charge in [-0.05, 0) is 0 Å². The summed E-state index contributed by atoms with van der Waals surface area (Å²) in [6, 6.07) is 0. The van der Waals surface area contributed by atoms with E-state index >= 15 is 0 Å². The van der Waals surface area contributed by atoms with Gasteiger partial charge in [0.1, 0.15) is 0 Å². The fourth-order valence-corrected chi connectivity index (χ4v) is 0.400. The number of hydrogen-bond donors (Lipinski definition) is 2. The highest BCUT2D eigenvalue weighted by atomic mass is 16.1. The molecule has 0 saturated heterocycles. The zero-order valence-electron chi connectivity index (χ0n) is 4.09. The summed E-state index contributed by atoms with van der Waals surface area (Å²) in [6.07, 6.45) is 3.76. The highest BCUT2D eigenvalue weighted by Crippen LogP contribution is 1.89. The summed E-state index contributed by atoms with van der Waals surface area (Å²) in [5.41, 5.74) is 0. The molecule has 0 bridgehead atoms. The van der Waals surface area contributed by atoms with Crippen LogP contribution in [0.4, 0.5) is 5.95 Å². The molecule has 1 aromatic rings. The minimum absolute atomic E-state index is 0. The Balaban J connectivity index is 0. The van der Waals surface area contributed by atoms with Crippen LogP contribution in [0.25, 0.3) is 0 Å². The Hall–Kier alpha value is -1.32. The summed E-state index contributed by atoms with van der Waals surface area (Å²) in [5, 5.41) is 2.34. The summed E-state index contributed by atoms with van der Waals surface area (Å²) >= 11 is 0. The first-order valence-electron chi connectivity index (χ1n) is 2.13. The van der Waals surface area contributed by atoms with Gasteiger partial charge in [-0.1, -0.05) is 0 Å². The van der Waals surface area contributed by atoms with E-state index in [0.717, 1.165) is 0 Å². The molecule has 46 valence electrons. The maximum Gasteiger partial charge on any atom is 0.213 e. The van der Waals surface area contributed by atoms with Gasteiger partial charge < -0.3 is 4.98 Å². The Labute approximate surface area is 48.9 Å². The van der Waals surface area contributed by atoms with E-state index in [1.807, 2.05) is 0 Å². The van der Waals surface area contributed by atoms with Gasteiger partial charge in [0.05, 0.1) is 0 Å². The third kappa shape index (κ3) is 0.841. The molecule has 0 atom stereocenters. The maximum atomic E-state index is 9.70. The van der Waals surface area contributed by atoms with Crippen molar-refractivity contribution in [3.8, 4) is 0 Å².